The molecule has 0 aliphatic carbocycles. The molecule has 35 heavy (non-hydrogen) atoms. The van der Waals surface area contributed by atoms with E-state index in [9.17, 15) is 19.8 Å². The molecule has 0 fully saturated rings. The Morgan fingerprint density at radius 2 is 1.54 bits per heavy atom. The van der Waals surface area contributed by atoms with Crippen molar-refractivity contribution in [3.8, 4) is 0 Å². The summed E-state index contributed by atoms with van der Waals surface area (Å²) in [6.07, 6.45) is 9.42. The Morgan fingerprint density at radius 3 is 2.00 bits per heavy atom. The number of aromatic nitrogens is 4. The van der Waals surface area contributed by atoms with Gasteiger partial charge in [-0.1, -0.05) is 23.9 Å². The monoisotopic (exact) mass is 533 g/mol. The SMILES string of the molecule is COC(=O)C(Cc1cnc[nH]1)N=C([O-])C1C=CCC(C([O-])=NC(Cc2cnc[nH]2)C(=O)OC)[N-]1.[Cu]. The zero-order chi connectivity index (χ0) is 24.5. The van der Waals surface area contributed by atoms with Gasteiger partial charge >= 0.3 is 11.9 Å². The second kappa shape index (κ2) is 13.4. The molecule has 0 amide bonds. The second-order valence-electron chi connectivity index (χ2n) is 7.35. The van der Waals surface area contributed by atoms with E-state index in [2.05, 4.69) is 35.2 Å². The van der Waals surface area contributed by atoms with Gasteiger partial charge in [0.25, 0.3) is 0 Å². The van der Waals surface area contributed by atoms with E-state index in [0.717, 1.165) is 0 Å². The normalized spacial score (nSPS) is 19.9. The third-order valence-corrected chi connectivity index (χ3v) is 5.01. The number of nitrogens with zero attached hydrogens (tertiary/aromatic N) is 5. The number of imidazole rings is 2. The fourth-order valence-electron chi connectivity index (χ4n) is 3.27. The number of rotatable bonds is 10. The van der Waals surface area contributed by atoms with Crippen molar-refractivity contribution < 1.29 is 46.3 Å². The Morgan fingerprint density at radius 1 is 1.03 bits per heavy atom. The van der Waals surface area contributed by atoms with Crippen LogP contribution in [0.25, 0.3) is 5.32 Å². The van der Waals surface area contributed by atoms with Gasteiger partial charge in [0.2, 0.25) is 0 Å². The van der Waals surface area contributed by atoms with Crippen LogP contribution < -0.4 is 10.2 Å². The number of nitrogens with one attached hydrogen (secondary N) is 2. The Balaban J connectivity index is 0.00000432. The molecule has 0 bridgehead atoms. The van der Waals surface area contributed by atoms with Gasteiger partial charge in [-0.2, -0.15) is 0 Å². The summed E-state index contributed by atoms with van der Waals surface area (Å²) < 4.78 is 9.49. The van der Waals surface area contributed by atoms with Gasteiger partial charge in [0.15, 0.2) is 12.1 Å². The maximum absolute atomic E-state index is 12.8. The number of ether oxygens (including phenoxy) is 2. The van der Waals surface area contributed by atoms with Gasteiger partial charge in [-0.3, -0.25) is 9.98 Å². The van der Waals surface area contributed by atoms with E-state index in [1.165, 1.54) is 45.3 Å². The largest absolute Gasteiger partial charge is 0.863 e. The number of methoxy groups -OCH3 is 2. The van der Waals surface area contributed by atoms with E-state index in [1.807, 2.05) is 0 Å². The molecule has 193 valence electrons. The molecule has 2 aromatic rings. The van der Waals surface area contributed by atoms with Crippen molar-refractivity contribution in [3.05, 3.63) is 53.9 Å². The summed E-state index contributed by atoms with van der Waals surface area (Å²) in [5, 5.41) is 29.7. The zero-order valence-corrected chi connectivity index (χ0v) is 19.8. The average Bonchev–Trinajstić information content (AvgIpc) is 3.56. The van der Waals surface area contributed by atoms with Gasteiger partial charge < -0.3 is 35.0 Å². The van der Waals surface area contributed by atoms with Crippen molar-refractivity contribution in [2.24, 2.45) is 9.98 Å². The van der Waals surface area contributed by atoms with Gasteiger partial charge in [0, 0.05) is 53.7 Å². The van der Waals surface area contributed by atoms with Gasteiger partial charge in [0.1, 0.15) is 0 Å². The van der Waals surface area contributed by atoms with Crippen LogP contribution in [0.3, 0.4) is 0 Å². The molecule has 1 radical (unpaired) electrons. The van der Waals surface area contributed by atoms with Gasteiger partial charge in [-0.05, 0) is 6.42 Å². The quantitative estimate of drug-likeness (QED) is 0.122. The molecule has 0 spiro atoms. The van der Waals surface area contributed by atoms with Crippen LogP contribution >= 0.6 is 0 Å². The Kier molecular flexibility index (Phi) is 10.6. The predicted octanol–water partition coefficient (Wildman–Crippen LogP) is -1.41. The molecule has 3 rings (SSSR count). The van der Waals surface area contributed by atoms with Crippen LogP contribution in [0.15, 0.2) is 47.2 Å². The first-order chi connectivity index (χ1) is 16.4. The molecule has 4 atom stereocenters. The summed E-state index contributed by atoms with van der Waals surface area (Å²) >= 11 is 0. The van der Waals surface area contributed by atoms with E-state index in [1.54, 1.807) is 6.08 Å². The van der Waals surface area contributed by atoms with Crippen molar-refractivity contribution in [2.75, 3.05) is 14.2 Å². The standard InChI is InChI=1S/C21H26N7O6.Cu/c1-33-20(31)16(6-12-8-22-10-24-12)27-18(29)14-4-3-5-15(26-14)19(30)28-17(21(32)34-2)7-13-9-23-11-25-13;/h3-4,8-11,14-17H,5-7H2,1-2H3,(H,22,24)(H,23,25)(H,27,29)(H,28,30);/q-1;/p-2. The van der Waals surface area contributed by atoms with E-state index in [-0.39, 0.29) is 36.3 Å². The third-order valence-electron chi connectivity index (χ3n) is 5.01. The number of aliphatic imine (C=N–C) groups is 2. The number of carbonyl (C=O) groups is 2. The molecule has 2 aromatic heterocycles. The molecule has 13 nitrogen and oxygen atoms in total. The molecule has 0 saturated heterocycles. The summed E-state index contributed by atoms with van der Waals surface area (Å²) in [6, 6.07) is -4.24. The molecule has 14 heteroatoms. The molecule has 0 saturated carbocycles. The van der Waals surface area contributed by atoms with Crippen molar-refractivity contribution in [2.45, 2.75) is 43.4 Å². The Hall–Kier alpha value is -3.48. The molecule has 1 aliphatic heterocycles. The summed E-state index contributed by atoms with van der Waals surface area (Å²) in [6.45, 7) is 0. The van der Waals surface area contributed by atoms with Gasteiger partial charge in [-0.25, -0.2) is 19.6 Å². The maximum Gasteiger partial charge on any atom is 0.330 e. The fraction of sp³-hybridized carbons (Fsp3) is 0.429. The van der Waals surface area contributed by atoms with Crippen LogP contribution in [0.5, 0.6) is 0 Å². The summed E-state index contributed by atoms with van der Waals surface area (Å²) in [7, 11) is 2.40. The van der Waals surface area contributed by atoms with E-state index < -0.39 is 47.9 Å². The molecule has 2 N–H and O–H groups in total. The number of hydrogen-bond acceptors (Lipinski definition) is 10. The van der Waals surface area contributed by atoms with Crippen molar-refractivity contribution in [1.29, 1.82) is 0 Å². The van der Waals surface area contributed by atoms with E-state index in [0.29, 0.717) is 11.4 Å². The number of esters is 2. The number of hydrogen-bond donors (Lipinski definition) is 2. The maximum atomic E-state index is 12.8. The average molecular weight is 534 g/mol. The molecule has 0 aromatic carbocycles. The van der Waals surface area contributed by atoms with Gasteiger partial charge in [0.05, 0.1) is 26.9 Å². The first-order valence-electron chi connectivity index (χ1n) is 10.4. The molecule has 1 aliphatic rings. The van der Waals surface area contributed by atoms with Crippen LogP contribution in [-0.2, 0) is 49.0 Å². The fourth-order valence-corrected chi connectivity index (χ4v) is 3.27. The molecular weight excluding hydrogens is 510 g/mol. The molecular formula is C21H24CuN7O6-3. The first-order valence-corrected chi connectivity index (χ1v) is 10.4. The van der Waals surface area contributed by atoms with E-state index >= 15 is 0 Å². The second-order valence-corrected chi connectivity index (χ2v) is 7.35. The van der Waals surface area contributed by atoms with E-state index in [4.69, 9.17) is 9.47 Å². The smallest absolute Gasteiger partial charge is 0.330 e. The number of H-pyrrole nitrogens is 2. The van der Waals surface area contributed by atoms with Crippen LogP contribution in [-0.4, -0.2) is 82.1 Å². The number of aromatic amines is 2. The zero-order valence-electron chi connectivity index (χ0n) is 18.9. The minimum absolute atomic E-state index is 0. The van der Waals surface area contributed by atoms with Crippen LogP contribution in [0, 0.1) is 0 Å². The van der Waals surface area contributed by atoms with Crippen LogP contribution in [0.2, 0.25) is 0 Å². The summed E-state index contributed by atoms with van der Waals surface area (Å²) in [5.74, 6) is -2.74. The van der Waals surface area contributed by atoms with Crippen molar-refractivity contribution >= 4 is 23.7 Å². The summed E-state index contributed by atoms with van der Waals surface area (Å²) in [4.78, 5) is 45.6. The number of carbonyl (C=O) groups excluding carboxylic acids is 2. The summed E-state index contributed by atoms with van der Waals surface area (Å²) in [5.41, 5.74) is 1.20. The third kappa shape index (κ3) is 7.77. The Labute approximate surface area is 211 Å². The van der Waals surface area contributed by atoms with Crippen LogP contribution in [0.4, 0.5) is 0 Å². The Bertz CT molecular complexity index is 1040. The predicted molar refractivity (Wildman–Crippen MR) is 116 cm³/mol. The first kappa shape index (κ1) is 27.8. The molecule has 4 unspecified atom stereocenters. The minimum atomic E-state index is -1.10. The topological polar surface area (TPSA) is 195 Å². The van der Waals surface area contributed by atoms with Crippen LogP contribution in [0.1, 0.15) is 17.8 Å². The minimum Gasteiger partial charge on any atom is -0.863 e. The molecule has 3 heterocycles. The van der Waals surface area contributed by atoms with Crippen molar-refractivity contribution in [1.82, 2.24) is 19.9 Å². The van der Waals surface area contributed by atoms with Crippen molar-refractivity contribution in [3.63, 3.8) is 0 Å². The van der Waals surface area contributed by atoms with Gasteiger partial charge in [-0.15, -0.1) is 12.1 Å².